The van der Waals surface area contributed by atoms with Crippen LogP contribution >= 0.6 is 0 Å². The highest BCUT2D eigenvalue weighted by molar-refractivity contribution is 5.95. The maximum atomic E-state index is 13.1. The Morgan fingerprint density at radius 2 is 1.51 bits per heavy atom. The van der Waals surface area contributed by atoms with Crippen molar-refractivity contribution < 1.29 is 39.0 Å². The van der Waals surface area contributed by atoms with Gasteiger partial charge >= 0.3 is 11.9 Å². The molecule has 4 atom stereocenters. The van der Waals surface area contributed by atoms with E-state index < -0.39 is 72.6 Å². The van der Waals surface area contributed by atoms with Crippen LogP contribution in [0, 0.1) is 5.92 Å². The number of carboxylic acid groups (broad SMARTS) is 2. The predicted molar refractivity (Wildman–Crippen MR) is 119 cm³/mol. The molecule has 15 heteroatoms. The largest absolute Gasteiger partial charge is 0.481 e. The molecule has 0 saturated heterocycles. The zero-order chi connectivity index (χ0) is 26.7. The van der Waals surface area contributed by atoms with E-state index in [1.54, 1.807) is 13.8 Å². The highest BCUT2D eigenvalue weighted by Crippen LogP contribution is 2.08. The zero-order valence-corrected chi connectivity index (χ0v) is 19.3. The third kappa shape index (κ3) is 10.6. The fourth-order valence-electron chi connectivity index (χ4n) is 3.03. The van der Waals surface area contributed by atoms with Crippen LogP contribution in [-0.2, 0) is 35.2 Å². The molecule has 194 valence electrons. The lowest BCUT2D eigenvalue weighted by atomic mass is 10.0. The molecule has 0 aromatic carbocycles. The molecule has 0 bridgehead atoms. The average Bonchev–Trinajstić information content (AvgIpc) is 3.24. The van der Waals surface area contributed by atoms with Gasteiger partial charge in [0.1, 0.15) is 18.1 Å². The van der Waals surface area contributed by atoms with E-state index in [4.69, 9.17) is 16.6 Å². The summed E-state index contributed by atoms with van der Waals surface area (Å²) in [4.78, 5) is 78.1. The Morgan fingerprint density at radius 3 is 2.00 bits per heavy atom. The quantitative estimate of drug-likeness (QED) is 0.123. The molecule has 0 aliphatic heterocycles. The van der Waals surface area contributed by atoms with Crippen molar-refractivity contribution in [3.05, 3.63) is 18.2 Å². The molecule has 10 N–H and O–H groups in total. The lowest BCUT2D eigenvalue weighted by molar-refractivity contribution is -0.143. The second-order valence-electron chi connectivity index (χ2n) is 8.31. The molecule has 15 nitrogen and oxygen atoms in total. The number of nitrogens with one attached hydrogen (secondary N) is 4. The maximum Gasteiger partial charge on any atom is 0.326 e. The van der Waals surface area contributed by atoms with Gasteiger partial charge in [-0.3, -0.25) is 24.0 Å². The van der Waals surface area contributed by atoms with Gasteiger partial charge in [-0.05, 0) is 12.3 Å². The van der Waals surface area contributed by atoms with E-state index in [0.29, 0.717) is 5.69 Å². The molecule has 0 fully saturated rings. The fraction of sp³-hybridized carbons (Fsp3) is 0.550. The number of nitrogens with zero attached hydrogens (tertiary/aromatic N) is 1. The molecule has 4 amide bonds. The van der Waals surface area contributed by atoms with E-state index in [0.717, 1.165) is 0 Å². The van der Waals surface area contributed by atoms with Crippen molar-refractivity contribution >= 4 is 35.6 Å². The molecular formula is C20H31N7O8. The number of carboxylic acids is 2. The second kappa shape index (κ2) is 13.6. The van der Waals surface area contributed by atoms with Crippen molar-refractivity contribution in [2.24, 2.45) is 17.4 Å². The summed E-state index contributed by atoms with van der Waals surface area (Å²) < 4.78 is 0. The van der Waals surface area contributed by atoms with Crippen LogP contribution in [0.2, 0.25) is 0 Å². The van der Waals surface area contributed by atoms with Crippen molar-refractivity contribution in [3.63, 3.8) is 0 Å². The molecule has 0 saturated carbocycles. The number of aliphatic carboxylic acids is 2. The van der Waals surface area contributed by atoms with Gasteiger partial charge in [0.05, 0.1) is 25.2 Å². The number of imidazole rings is 1. The minimum Gasteiger partial charge on any atom is -0.481 e. The number of carbonyl (C=O) groups is 6. The number of amides is 4. The fourth-order valence-corrected chi connectivity index (χ4v) is 3.03. The molecule has 1 aromatic rings. The number of nitrogens with two attached hydrogens (primary N) is 2. The number of carbonyl (C=O) groups excluding carboxylic acids is 4. The van der Waals surface area contributed by atoms with Gasteiger partial charge in [-0.1, -0.05) is 13.8 Å². The summed E-state index contributed by atoms with van der Waals surface area (Å²) in [5.41, 5.74) is 11.1. The van der Waals surface area contributed by atoms with Crippen molar-refractivity contribution in [2.45, 2.75) is 63.7 Å². The summed E-state index contributed by atoms with van der Waals surface area (Å²) in [5, 5.41) is 25.1. The Kier molecular flexibility index (Phi) is 11.3. The Bertz CT molecular complexity index is 919. The summed E-state index contributed by atoms with van der Waals surface area (Å²) in [7, 11) is 0. The Hall–Kier alpha value is -4.01. The number of H-pyrrole nitrogens is 1. The second-order valence-corrected chi connectivity index (χ2v) is 8.31. The molecular weight excluding hydrogens is 466 g/mol. The first-order chi connectivity index (χ1) is 16.3. The topological polar surface area (TPSA) is 260 Å². The SMILES string of the molecule is CC(C)CC(NC(=O)C(Cc1cnc[nH]1)NC(=O)C(N)CC(=O)O)C(=O)NC(CC(N)=O)C(=O)O. The van der Waals surface area contributed by atoms with Gasteiger partial charge in [0.25, 0.3) is 0 Å². The van der Waals surface area contributed by atoms with E-state index in [9.17, 15) is 33.9 Å². The number of rotatable bonds is 15. The first-order valence-electron chi connectivity index (χ1n) is 10.7. The Labute approximate surface area is 200 Å². The molecule has 1 aromatic heterocycles. The normalized spacial score (nSPS) is 14.3. The van der Waals surface area contributed by atoms with Crippen LogP contribution in [0.3, 0.4) is 0 Å². The Morgan fingerprint density at radius 1 is 0.943 bits per heavy atom. The smallest absolute Gasteiger partial charge is 0.326 e. The van der Waals surface area contributed by atoms with Gasteiger partial charge < -0.3 is 42.6 Å². The highest BCUT2D eigenvalue weighted by atomic mass is 16.4. The van der Waals surface area contributed by atoms with Crippen molar-refractivity contribution in [3.8, 4) is 0 Å². The third-order valence-corrected chi connectivity index (χ3v) is 4.70. The van der Waals surface area contributed by atoms with Gasteiger partial charge in [0, 0.05) is 18.3 Å². The van der Waals surface area contributed by atoms with E-state index in [-0.39, 0.29) is 18.8 Å². The number of hydrogen-bond donors (Lipinski definition) is 8. The highest BCUT2D eigenvalue weighted by Gasteiger charge is 2.31. The Balaban J connectivity index is 3.06. The van der Waals surface area contributed by atoms with Gasteiger partial charge in [-0.2, -0.15) is 0 Å². The lowest BCUT2D eigenvalue weighted by Gasteiger charge is -2.25. The maximum absolute atomic E-state index is 13.1. The van der Waals surface area contributed by atoms with Gasteiger partial charge in [0.2, 0.25) is 23.6 Å². The minimum atomic E-state index is -1.60. The molecule has 1 heterocycles. The van der Waals surface area contributed by atoms with E-state index in [1.807, 2.05) is 0 Å². The first-order valence-corrected chi connectivity index (χ1v) is 10.7. The molecule has 4 unspecified atom stereocenters. The van der Waals surface area contributed by atoms with Crippen LogP contribution in [0.25, 0.3) is 0 Å². The van der Waals surface area contributed by atoms with Crippen molar-refractivity contribution in [1.29, 1.82) is 0 Å². The van der Waals surface area contributed by atoms with Crippen molar-refractivity contribution in [1.82, 2.24) is 25.9 Å². The monoisotopic (exact) mass is 497 g/mol. The predicted octanol–water partition coefficient (Wildman–Crippen LogP) is -2.79. The molecule has 35 heavy (non-hydrogen) atoms. The van der Waals surface area contributed by atoms with Crippen LogP contribution < -0.4 is 27.4 Å². The van der Waals surface area contributed by atoms with E-state index in [2.05, 4.69) is 25.9 Å². The first kappa shape index (κ1) is 29.0. The van der Waals surface area contributed by atoms with E-state index in [1.165, 1.54) is 12.5 Å². The minimum absolute atomic E-state index is 0.0905. The number of primary amides is 1. The van der Waals surface area contributed by atoms with Gasteiger partial charge in [0.15, 0.2) is 0 Å². The van der Waals surface area contributed by atoms with Crippen LogP contribution in [0.5, 0.6) is 0 Å². The molecule has 0 radical (unpaired) electrons. The standard InChI is InChI=1S/C20H31N7O8/c1-9(2)3-12(18(32)27-14(20(34)35)6-15(22)28)26-19(33)13(4-10-7-23-8-24-10)25-17(31)11(21)5-16(29)30/h7-9,11-14H,3-6,21H2,1-2H3,(H2,22,28)(H,23,24)(H,25,31)(H,26,33)(H,27,32)(H,29,30)(H,34,35). The van der Waals surface area contributed by atoms with Gasteiger partial charge in [-0.15, -0.1) is 0 Å². The lowest BCUT2D eigenvalue weighted by Crippen LogP contribution is -2.58. The number of aromatic nitrogens is 2. The van der Waals surface area contributed by atoms with E-state index >= 15 is 0 Å². The van der Waals surface area contributed by atoms with Crippen LogP contribution in [0.1, 0.15) is 38.8 Å². The number of hydrogen-bond acceptors (Lipinski definition) is 8. The van der Waals surface area contributed by atoms with Crippen LogP contribution in [0.15, 0.2) is 12.5 Å². The number of aromatic amines is 1. The summed E-state index contributed by atoms with van der Waals surface area (Å²) in [5.74, 6) is -6.42. The molecule has 0 aliphatic carbocycles. The molecule has 1 rings (SSSR count). The molecule has 0 aliphatic rings. The van der Waals surface area contributed by atoms with Crippen LogP contribution in [-0.4, -0.2) is 79.9 Å². The molecule has 0 spiro atoms. The van der Waals surface area contributed by atoms with Crippen LogP contribution in [0.4, 0.5) is 0 Å². The van der Waals surface area contributed by atoms with Crippen molar-refractivity contribution in [2.75, 3.05) is 0 Å². The zero-order valence-electron chi connectivity index (χ0n) is 19.3. The summed E-state index contributed by atoms with van der Waals surface area (Å²) >= 11 is 0. The van der Waals surface area contributed by atoms with Gasteiger partial charge in [-0.25, -0.2) is 9.78 Å². The summed E-state index contributed by atoms with van der Waals surface area (Å²) in [6, 6.07) is -5.51. The third-order valence-electron chi connectivity index (χ3n) is 4.70. The summed E-state index contributed by atoms with van der Waals surface area (Å²) in [6.45, 7) is 3.53. The average molecular weight is 498 g/mol. The summed E-state index contributed by atoms with van der Waals surface area (Å²) in [6.07, 6.45) is 1.45.